The van der Waals surface area contributed by atoms with E-state index in [2.05, 4.69) is 15.9 Å². The van der Waals surface area contributed by atoms with Crippen molar-refractivity contribution in [2.45, 2.75) is 19.5 Å². The molecule has 0 aliphatic heterocycles. The van der Waals surface area contributed by atoms with Gasteiger partial charge in [-0.15, -0.1) is 0 Å². The number of aliphatic carboxylic acids is 1. The number of halogens is 4. The number of carbonyl (C=O) groups is 2. The molecule has 4 nitrogen and oxygen atoms in total. The van der Waals surface area contributed by atoms with Crippen LogP contribution >= 0.6 is 15.9 Å². The monoisotopic (exact) mass is 367 g/mol. The van der Waals surface area contributed by atoms with Gasteiger partial charge in [-0.05, 0) is 25.1 Å². The summed E-state index contributed by atoms with van der Waals surface area (Å²) in [6, 6.07) is 3.18. The molecule has 0 aliphatic carbocycles. The number of hydrogen-bond acceptors (Lipinski definition) is 2. The molecular weight excluding hydrogens is 355 g/mol. The lowest BCUT2D eigenvalue weighted by Crippen LogP contribution is -2.33. The summed E-state index contributed by atoms with van der Waals surface area (Å²) in [5.41, 5.74) is -1.07. The van der Waals surface area contributed by atoms with E-state index in [-0.39, 0.29) is 29.5 Å². The Bertz CT molecular complexity index is 546. The van der Waals surface area contributed by atoms with Crippen LogP contribution in [-0.2, 0) is 11.0 Å². The van der Waals surface area contributed by atoms with Gasteiger partial charge in [0.1, 0.15) is 0 Å². The SMILES string of the molecule is CCN(CCC(=O)O)C(=O)c1ccc(Br)c(C(F)(F)F)c1. The molecule has 0 spiro atoms. The predicted octanol–water partition coefficient (Wildman–Crippen LogP) is 3.40. The summed E-state index contributed by atoms with van der Waals surface area (Å²) in [6.45, 7) is 1.79. The van der Waals surface area contributed by atoms with Crippen molar-refractivity contribution >= 4 is 27.8 Å². The molecule has 1 amide bonds. The van der Waals surface area contributed by atoms with Crippen molar-refractivity contribution in [3.8, 4) is 0 Å². The molecule has 0 saturated heterocycles. The average Bonchev–Trinajstić information content (AvgIpc) is 2.38. The van der Waals surface area contributed by atoms with Crippen molar-refractivity contribution in [1.29, 1.82) is 0 Å². The van der Waals surface area contributed by atoms with Crippen LogP contribution in [0.25, 0.3) is 0 Å². The summed E-state index contributed by atoms with van der Waals surface area (Å²) < 4.78 is 38.2. The van der Waals surface area contributed by atoms with Crippen molar-refractivity contribution in [2.75, 3.05) is 13.1 Å². The van der Waals surface area contributed by atoms with E-state index in [4.69, 9.17) is 5.11 Å². The van der Waals surface area contributed by atoms with Crippen LogP contribution in [0, 0.1) is 0 Å². The van der Waals surface area contributed by atoms with Gasteiger partial charge in [0.25, 0.3) is 5.91 Å². The summed E-state index contributed by atoms with van der Waals surface area (Å²) in [5, 5.41) is 8.60. The minimum absolute atomic E-state index is 0.0535. The van der Waals surface area contributed by atoms with Crippen LogP contribution < -0.4 is 0 Å². The molecule has 0 atom stereocenters. The first-order chi connectivity index (χ1) is 9.66. The summed E-state index contributed by atoms with van der Waals surface area (Å²) in [7, 11) is 0. The van der Waals surface area contributed by atoms with Crippen molar-refractivity contribution in [2.24, 2.45) is 0 Å². The zero-order chi connectivity index (χ0) is 16.2. The van der Waals surface area contributed by atoms with Gasteiger partial charge >= 0.3 is 12.1 Å². The summed E-state index contributed by atoms with van der Waals surface area (Å²) >= 11 is 2.80. The molecule has 21 heavy (non-hydrogen) atoms. The van der Waals surface area contributed by atoms with Gasteiger partial charge in [-0.2, -0.15) is 13.2 Å². The predicted molar refractivity (Wildman–Crippen MR) is 73.0 cm³/mol. The molecule has 1 rings (SSSR count). The number of hydrogen-bond donors (Lipinski definition) is 1. The highest BCUT2D eigenvalue weighted by Crippen LogP contribution is 2.35. The van der Waals surface area contributed by atoms with Crippen molar-refractivity contribution in [3.63, 3.8) is 0 Å². The Morgan fingerprint density at radius 1 is 1.33 bits per heavy atom. The van der Waals surface area contributed by atoms with Gasteiger partial charge in [-0.25, -0.2) is 0 Å². The van der Waals surface area contributed by atoms with Crippen LogP contribution in [-0.4, -0.2) is 35.0 Å². The minimum atomic E-state index is -4.58. The van der Waals surface area contributed by atoms with Crippen molar-refractivity contribution in [1.82, 2.24) is 4.90 Å². The van der Waals surface area contributed by atoms with Crippen LogP contribution in [0.5, 0.6) is 0 Å². The largest absolute Gasteiger partial charge is 0.481 e. The highest BCUT2D eigenvalue weighted by molar-refractivity contribution is 9.10. The lowest BCUT2D eigenvalue weighted by Gasteiger charge is -2.20. The van der Waals surface area contributed by atoms with E-state index in [1.54, 1.807) is 6.92 Å². The molecule has 0 saturated carbocycles. The summed E-state index contributed by atoms with van der Waals surface area (Å²) in [5.74, 6) is -1.70. The number of alkyl halides is 3. The first kappa shape index (κ1) is 17.5. The van der Waals surface area contributed by atoms with Crippen LogP contribution in [0.1, 0.15) is 29.3 Å². The van der Waals surface area contributed by atoms with E-state index in [9.17, 15) is 22.8 Å². The molecule has 1 N–H and O–H groups in total. The highest BCUT2D eigenvalue weighted by Gasteiger charge is 2.34. The number of amides is 1. The summed E-state index contributed by atoms with van der Waals surface area (Å²) in [6.07, 6.45) is -4.84. The fourth-order valence-corrected chi connectivity index (χ4v) is 2.16. The van der Waals surface area contributed by atoms with Gasteiger partial charge in [0.2, 0.25) is 0 Å². The minimum Gasteiger partial charge on any atom is -0.481 e. The van der Waals surface area contributed by atoms with E-state index in [0.29, 0.717) is 0 Å². The second kappa shape index (κ2) is 6.93. The number of carboxylic acid groups (broad SMARTS) is 1. The molecule has 0 unspecified atom stereocenters. The van der Waals surface area contributed by atoms with Crippen LogP contribution in [0.15, 0.2) is 22.7 Å². The first-order valence-electron chi connectivity index (χ1n) is 6.04. The van der Waals surface area contributed by atoms with Gasteiger partial charge in [0.05, 0.1) is 12.0 Å². The Hall–Kier alpha value is -1.57. The lowest BCUT2D eigenvalue weighted by atomic mass is 10.1. The van der Waals surface area contributed by atoms with Gasteiger partial charge in [0.15, 0.2) is 0 Å². The maximum absolute atomic E-state index is 12.8. The number of rotatable bonds is 5. The van der Waals surface area contributed by atoms with E-state index in [1.165, 1.54) is 11.0 Å². The molecule has 1 aromatic carbocycles. The number of benzene rings is 1. The molecule has 0 radical (unpaired) electrons. The molecule has 0 fully saturated rings. The quantitative estimate of drug-likeness (QED) is 0.867. The number of carbonyl (C=O) groups excluding carboxylic acids is 1. The third-order valence-electron chi connectivity index (χ3n) is 2.78. The van der Waals surface area contributed by atoms with Crippen molar-refractivity contribution in [3.05, 3.63) is 33.8 Å². The van der Waals surface area contributed by atoms with Crippen molar-refractivity contribution < 1.29 is 27.9 Å². The Morgan fingerprint density at radius 2 is 1.95 bits per heavy atom. The maximum Gasteiger partial charge on any atom is 0.417 e. The number of carboxylic acids is 1. The van der Waals surface area contributed by atoms with Crippen LogP contribution in [0.4, 0.5) is 13.2 Å². The normalized spacial score (nSPS) is 11.3. The van der Waals surface area contributed by atoms with Crippen LogP contribution in [0.3, 0.4) is 0 Å². The Balaban J connectivity index is 3.03. The van der Waals surface area contributed by atoms with Gasteiger partial charge in [-0.3, -0.25) is 9.59 Å². The average molecular weight is 368 g/mol. The van der Waals surface area contributed by atoms with Gasteiger partial charge in [-0.1, -0.05) is 15.9 Å². The second-order valence-electron chi connectivity index (χ2n) is 4.22. The molecular formula is C13H13BrF3NO3. The summed E-state index contributed by atoms with van der Waals surface area (Å²) in [4.78, 5) is 23.8. The topological polar surface area (TPSA) is 57.6 Å². The Kier molecular flexibility index (Phi) is 5.77. The highest BCUT2D eigenvalue weighted by atomic mass is 79.9. The molecule has 0 aromatic heterocycles. The molecule has 116 valence electrons. The third-order valence-corrected chi connectivity index (χ3v) is 3.47. The molecule has 0 aliphatic rings. The Morgan fingerprint density at radius 3 is 2.43 bits per heavy atom. The third kappa shape index (κ3) is 4.73. The maximum atomic E-state index is 12.8. The molecule has 8 heteroatoms. The van der Waals surface area contributed by atoms with Gasteiger partial charge in [0, 0.05) is 23.1 Å². The second-order valence-corrected chi connectivity index (χ2v) is 5.08. The van der Waals surface area contributed by atoms with E-state index >= 15 is 0 Å². The van der Waals surface area contributed by atoms with E-state index < -0.39 is 23.6 Å². The van der Waals surface area contributed by atoms with Crippen LogP contribution in [0.2, 0.25) is 0 Å². The molecule has 0 bridgehead atoms. The smallest absolute Gasteiger partial charge is 0.417 e. The van der Waals surface area contributed by atoms with E-state index in [1.807, 2.05) is 0 Å². The lowest BCUT2D eigenvalue weighted by molar-refractivity contribution is -0.138. The number of nitrogens with zero attached hydrogens (tertiary/aromatic N) is 1. The zero-order valence-corrected chi connectivity index (χ0v) is 12.7. The van der Waals surface area contributed by atoms with E-state index in [0.717, 1.165) is 12.1 Å². The van der Waals surface area contributed by atoms with Gasteiger partial charge < -0.3 is 10.0 Å². The fourth-order valence-electron chi connectivity index (χ4n) is 1.69. The molecule has 0 heterocycles. The standard InChI is InChI=1S/C13H13BrF3NO3/c1-2-18(6-5-11(19)20)12(21)8-3-4-10(14)9(7-8)13(15,16)17/h3-4,7H,2,5-6H2,1H3,(H,19,20). The Labute approximate surface area is 127 Å². The first-order valence-corrected chi connectivity index (χ1v) is 6.84. The fraction of sp³-hybridized carbons (Fsp3) is 0.385. The zero-order valence-electron chi connectivity index (χ0n) is 11.1. The molecule has 1 aromatic rings.